The van der Waals surface area contributed by atoms with Gasteiger partial charge < -0.3 is 9.47 Å². The van der Waals surface area contributed by atoms with Gasteiger partial charge in [-0.05, 0) is 65.6 Å². The van der Waals surface area contributed by atoms with Crippen LogP contribution in [-0.2, 0) is 12.8 Å². The molecule has 3 heteroatoms. The molecule has 0 N–H and O–H groups in total. The van der Waals surface area contributed by atoms with E-state index in [1.807, 2.05) is 18.2 Å². The Morgan fingerprint density at radius 3 is 2.03 bits per heavy atom. The van der Waals surface area contributed by atoms with Crippen LogP contribution in [0, 0.1) is 0 Å². The van der Waals surface area contributed by atoms with Gasteiger partial charge in [0.15, 0.2) is 0 Å². The molecule has 0 unspecified atom stereocenters. The summed E-state index contributed by atoms with van der Waals surface area (Å²) in [4.78, 5) is 2.55. The SMILES string of the molecule is COc1ccc(/C=C/CN2CCC(=C3c4ccccc4CCc4ccccc43)CC2)c(OC)c1. The van der Waals surface area contributed by atoms with E-state index in [-0.39, 0.29) is 0 Å². The smallest absolute Gasteiger partial charge is 0.129 e. The van der Waals surface area contributed by atoms with Crippen LogP contribution in [0.5, 0.6) is 11.5 Å². The fourth-order valence-electron chi connectivity index (χ4n) is 5.30. The predicted octanol–water partition coefficient (Wildman–Crippen LogP) is 6.41. The summed E-state index contributed by atoms with van der Waals surface area (Å²) in [5.41, 5.74) is 10.1. The Kier molecular flexibility index (Phi) is 6.82. The van der Waals surface area contributed by atoms with Crippen LogP contribution in [0.15, 0.2) is 78.4 Å². The van der Waals surface area contributed by atoms with Gasteiger partial charge in [-0.1, -0.05) is 66.3 Å². The molecule has 174 valence electrons. The number of hydrogen-bond acceptors (Lipinski definition) is 3. The number of aryl methyl sites for hydroxylation is 2. The molecule has 0 amide bonds. The highest BCUT2D eigenvalue weighted by Gasteiger charge is 2.23. The number of nitrogens with zero attached hydrogens (tertiary/aromatic N) is 1. The highest BCUT2D eigenvalue weighted by atomic mass is 16.5. The van der Waals surface area contributed by atoms with Gasteiger partial charge >= 0.3 is 0 Å². The van der Waals surface area contributed by atoms with Crippen LogP contribution in [0.4, 0.5) is 0 Å². The summed E-state index contributed by atoms with van der Waals surface area (Å²) in [6, 6.07) is 24.0. The summed E-state index contributed by atoms with van der Waals surface area (Å²) >= 11 is 0. The van der Waals surface area contributed by atoms with Crippen molar-refractivity contribution in [1.29, 1.82) is 0 Å². The van der Waals surface area contributed by atoms with Gasteiger partial charge in [-0.2, -0.15) is 0 Å². The number of methoxy groups -OCH3 is 2. The van der Waals surface area contributed by atoms with E-state index >= 15 is 0 Å². The van der Waals surface area contributed by atoms with Crippen LogP contribution in [0.25, 0.3) is 11.6 Å². The molecule has 5 rings (SSSR count). The molecule has 0 saturated carbocycles. The van der Waals surface area contributed by atoms with Crippen molar-refractivity contribution < 1.29 is 9.47 Å². The number of hydrogen-bond donors (Lipinski definition) is 0. The Labute approximate surface area is 203 Å². The second kappa shape index (κ2) is 10.3. The van der Waals surface area contributed by atoms with Gasteiger partial charge in [0.1, 0.15) is 11.5 Å². The lowest BCUT2D eigenvalue weighted by molar-refractivity contribution is 0.284. The highest BCUT2D eigenvalue weighted by molar-refractivity contribution is 5.86. The maximum atomic E-state index is 5.53. The Bertz CT molecular complexity index is 1160. The van der Waals surface area contributed by atoms with E-state index in [0.29, 0.717) is 0 Å². The Morgan fingerprint density at radius 1 is 0.765 bits per heavy atom. The first-order valence-electron chi connectivity index (χ1n) is 12.3. The number of benzene rings is 3. The maximum Gasteiger partial charge on any atom is 0.129 e. The number of likely N-dealkylation sites (tertiary alicyclic amines) is 1. The minimum absolute atomic E-state index is 0.812. The largest absolute Gasteiger partial charge is 0.497 e. The van der Waals surface area contributed by atoms with Gasteiger partial charge in [-0.3, -0.25) is 4.90 Å². The molecule has 1 aliphatic carbocycles. The fourth-order valence-corrected chi connectivity index (χ4v) is 5.30. The Morgan fingerprint density at radius 2 is 1.41 bits per heavy atom. The van der Waals surface area contributed by atoms with Gasteiger partial charge in [0.2, 0.25) is 0 Å². The molecule has 0 bridgehead atoms. The first-order valence-corrected chi connectivity index (χ1v) is 12.3. The van der Waals surface area contributed by atoms with Crippen molar-refractivity contribution in [2.45, 2.75) is 25.7 Å². The van der Waals surface area contributed by atoms with Crippen molar-refractivity contribution in [2.75, 3.05) is 33.9 Å². The lowest BCUT2D eigenvalue weighted by Gasteiger charge is -2.29. The van der Waals surface area contributed by atoms with E-state index in [1.165, 1.54) is 27.8 Å². The minimum Gasteiger partial charge on any atom is -0.497 e. The molecule has 3 nitrogen and oxygen atoms in total. The molecule has 0 aromatic heterocycles. The second-order valence-corrected chi connectivity index (χ2v) is 9.10. The molecule has 1 fully saturated rings. The molecule has 3 aromatic carbocycles. The predicted molar refractivity (Wildman–Crippen MR) is 141 cm³/mol. The van der Waals surface area contributed by atoms with E-state index in [2.05, 4.69) is 65.6 Å². The lowest BCUT2D eigenvalue weighted by Crippen LogP contribution is -2.31. The molecule has 1 heterocycles. The average Bonchev–Trinajstić information content (AvgIpc) is 3.06. The number of fused-ring (bicyclic) bond motifs is 2. The Balaban J connectivity index is 1.33. The molecule has 1 aliphatic heterocycles. The molecule has 0 spiro atoms. The summed E-state index contributed by atoms with van der Waals surface area (Å²) in [6.45, 7) is 3.13. The number of rotatable bonds is 5. The van der Waals surface area contributed by atoms with Crippen molar-refractivity contribution in [2.24, 2.45) is 0 Å². The summed E-state index contributed by atoms with van der Waals surface area (Å²) in [7, 11) is 3.38. The molecular formula is C31H33NO2. The maximum absolute atomic E-state index is 5.53. The number of ether oxygens (including phenoxy) is 2. The third-order valence-electron chi connectivity index (χ3n) is 7.15. The van der Waals surface area contributed by atoms with Crippen molar-refractivity contribution in [1.82, 2.24) is 4.90 Å². The normalized spacial score (nSPS) is 16.2. The molecule has 0 atom stereocenters. The molecule has 1 saturated heterocycles. The van der Waals surface area contributed by atoms with Crippen LogP contribution in [-0.4, -0.2) is 38.8 Å². The monoisotopic (exact) mass is 451 g/mol. The molecule has 0 radical (unpaired) electrons. The van der Waals surface area contributed by atoms with Crippen LogP contribution < -0.4 is 9.47 Å². The van der Waals surface area contributed by atoms with E-state index < -0.39 is 0 Å². The summed E-state index contributed by atoms with van der Waals surface area (Å²) in [5.74, 6) is 1.65. The summed E-state index contributed by atoms with van der Waals surface area (Å²) < 4.78 is 10.8. The quantitative estimate of drug-likeness (QED) is 0.447. The first-order chi connectivity index (χ1) is 16.8. The standard InChI is InChI=1S/C31H33NO2/c1-33-27-16-15-25(30(22-27)34-2)10-7-19-32-20-17-26(18-21-32)31-28-11-5-3-8-23(28)13-14-24-9-4-6-12-29(24)31/h3-12,15-16,22H,13-14,17-21H2,1-2H3/b10-7+. The highest BCUT2D eigenvalue weighted by Crippen LogP contribution is 2.38. The van der Waals surface area contributed by atoms with Crippen LogP contribution >= 0.6 is 0 Å². The average molecular weight is 452 g/mol. The Hall–Kier alpha value is -3.30. The molecule has 3 aromatic rings. The van der Waals surface area contributed by atoms with Gasteiger partial charge in [-0.15, -0.1) is 0 Å². The fraction of sp³-hybridized carbons (Fsp3) is 0.290. The van der Waals surface area contributed by atoms with Crippen molar-refractivity contribution in [3.63, 3.8) is 0 Å². The van der Waals surface area contributed by atoms with E-state index in [4.69, 9.17) is 9.47 Å². The van der Waals surface area contributed by atoms with E-state index in [9.17, 15) is 0 Å². The summed E-state index contributed by atoms with van der Waals surface area (Å²) in [5, 5.41) is 0. The van der Waals surface area contributed by atoms with E-state index in [0.717, 1.165) is 62.4 Å². The zero-order valence-corrected chi connectivity index (χ0v) is 20.2. The molecular weight excluding hydrogens is 418 g/mol. The van der Waals surface area contributed by atoms with Crippen molar-refractivity contribution in [3.05, 3.63) is 106 Å². The van der Waals surface area contributed by atoms with Crippen LogP contribution in [0.2, 0.25) is 0 Å². The topological polar surface area (TPSA) is 21.7 Å². The van der Waals surface area contributed by atoms with Gasteiger partial charge in [0, 0.05) is 31.3 Å². The third kappa shape index (κ3) is 4.67. The molecule has 2 aliphatic rings. The van der Waals surface area contributed by atoms with Crippen molar-refractivity contribution >= 4 is 11.6 Å². The van der Waals surface area contributed by atoms with Gasteiger partial charge in [-0.25, -0.2) is 0 Å². The third-order valence-corrected chi connectivity index (χ3v) is 7.15. The molecule has 34 heavy (non-hydrogen) atoms. The van der Waals surface area contributed by atoms with Crippen LogP contribution in [0.3, 0.4) is 0 Å². The van der Waals surface area contributed by atoms with Gasteiger partial charge in [0.25, 0.3) is 0 Å². The van der Waals surface area contributed by atoms with Crippen LogP contribution in [0.1, 0.15) is 40.7 Å². The second-order valence-electron chi connectivity index (χ2n) is 9.10. The van der Waals surface area contributed by atoms with E-state index in [1.54, 1.807) is 19.8 Å². The van der Waals surface area contributed by atoms with Gasteiger partial charge in [0.05, 0.1) is 14.2 Å². The zero-order chi connectivity index (χ0) is 23.3. The minimum atomic E-state index is 0.812. The number of piperidine rings is 1. The van der Waals surface area contributed by atoms with Crippen molar-refractivity contribution in [3.8, 4) is 11.5 Å². The first kappa shape index (κ1) is 22.5. The lowest BCUT2D eigenvalue weighted by atomic mass is 9.86. The zero-order valence-electron chi connectivity index (χ0n) is 20.2. The summed E-state index contributed by atoms with van der Waals surface area (Å²) in [6.07, 6.45) is 8.89.